The van der Waals surface area contributed by atoms with Gasteiger partial charge in [0.05, 0.1) is 0 Å². The lowest BCUT2D eigenvalue weighted by molar-refractivity contribution is 0.434. The van der Waals surface area contributed by atoms with E-state index in [1.54, 1.807) is 6.07 Å². The predicted molar refractivity (Wildman–Crippen MR) is 64.0 cm³/mol. The number of nitrogens with one attached hydrogen (secondary N) is 1. The molecule has 1 aromatic carbocycles. The standard InChI is InChI=1S/C12H12ClFN2O/c1-7-2-5-11(17-7)12(16-15)9-6-8(14)3-4-10(9)13/h2-6,12,16H,15H2,1H3. The Balaban J connectivity index is 2.45. The van der Waals surface area contributed by atoms with E-state index in [1.165, 1.54) is 18.2 Å². The molecule has 0 bridgehead atoms. The molecule has 0 saturated carbocycles. The second-order valence-corrected chi connectivity index (χ2v) is 4.12. The van der Waals surface area contributed by atoms with Crippen molar-refractivity contribution in [2.24, 2.45) is 5.84 Å². The van der Waals surface area contributed by atoms with Crippen molar-refractivity contribution >= 4 is 11.6 Å². The highest BCUT2D eigenvalue weighted by Gasteiger charge is 2.19. The molecule has 0 spiro atoms. The lowest BCUT2D eigenvalue weighted by atomic mass is 10.1. The molecule has 2 rings (SSSR count). The van der Waals surface area contributed by atoms with Crippen LogP contribution in [0.1, 0.15) is 23.1 Å². The second kappa shape index (κ2) is 4.87. The summed E-state index contributed by atoms with van der Waals surface area (Å²) >= 11 is 6.02. The molecule has 3 N–H and O–H groups in total. The number of furan rings is 1. The number of hydrazine groups is 1. The van der Waals surface area contributed by atoms with Crippen LogP contribution in [0, 0.1) is 12.7 Å². The number of rotatable bonds is 3. The van der Waals surface area contributed by atoms with Gasteiger partial charge in [0.15, 0.2) is 0 Å². The largest absolute Gasteiger partial charge is 0.464 e. The van der Waals surface area contributed by atoms with Crippen LogP contribution in [0.2, 0.25) is 5.02 Å². The Bertz CT molecular complexity index is 527. The first kappa shape index (κ1) is 12.1. The van der Waals surface area contributed by atoms with Crippen molar-refractivity contribution in [2.45, 2.75) is 13.0 Å². The van der Waals surface area contributed by atoms with Gasteiger partial charge >= 0.3 is 0 Å². The van der Waals surface area contributed by atoms with Crippen molar-refractivity contribution in [1.29, 1.82) is 0 Å². The number of aryl methyl sites for hydroxylation is 1. The Morgan fingerprint density at radius 2 is 2.12 bits per heavy atom. The topological polar surface area (TPSA) is 51.2 Å². The molecule has 2 aromatic rings. The molecule has 90 valence electrons. The zero-order chi connectivity index (χ0) is 12.4. The zero-order valence-electron chi connectivity index (χ0n) is 9.21. The molecule has 17 heavy (non-hydrogen) atoms. The van der Waals surface area contributed by atoms with E-state index < -0.39 is 6.04 Å². The summed E-state index contributed by atoms with van der Waals surface area (Å²) in [6.07, 6.45) is 0. The molecule has 5 heteroatoms. The predicted octanol–water partition coefficient (Wildman–Crippen LogP) is 2.93. The zero-order valence-corrected chi connectivity index (χ0v) is 9.96. The van der Waals surface area contributed by atoms with Crippen LogP contribution in [-0.2, 0) is 0 Å². The van der Waals surface area contributed by atoms with E-state index in [1.807, 2.05) is 13.0 Å². The molecule has 0 aliphatic rings. The molecule has 0 saturated heterocycles. The molecule has 0 fully saturated rings. The van der Waals surface area contributed by atoms with Crippen molar-refractivity contribution in [1.82, 2.24) is 5.43 Å². The van der Waals surface area contributed by atoms with Crippen molar-refractivity contribution in [3.8, 4) is 0 Å². The number of hydrogen-bond acceptors (Lipinski definition) is 3. The van der Waals surface area contributed by atoms with Crippen LogP contribution >= 0.6 is 11.6 Å². The average molecular weight is 255 g/mol. The van der Waals surface area contributed by atoms with Crippen LogP contribution in [0.3, 0.4) is 0 Å². The first-order valence-corrected chi connectivity index (χ1v) is 5.47. The van der Waals surface area contributed by atoms with Crippen LogP contribution < -0.4 is 11.3 Å². The fourth-order valence-electron chi connectivity index (χ4n) is 1.67. The third-order valence-electron chi connectivity index (χ3n) is 2.48. The Labute approximate surface area is 103 Å². The van der Waals surface area contributed by atoms with Gasteiger partial charge in [0.1, 0.15) is 23.4 Å². The maximum absolute atomic E-state index is 13.2. The molecule has 0 radical (unpaired) electrons. The summed E-state index contributed by atoms with van der Waals surface area (Å²) in [4.78, 5) is 0. The van der Waals surface area contributed by atoms with E-state index in [2.05, 4.69) is 5.43 Å². The molecular formula is C12H12ClFN2O. The second-order valence-electron chi connectivity index (χ2n) is 3.71. The van der Waals surface area contributed by atoms with Gasteiger partial charge in [-0.15, -0.1) is 0 Å². The van der Waals surface area contributed by atoms with Crippen LogP contribution in [0.25, 0.3) is 0 Å². The van der Waals surface area contributed by atoms with Gasteiger partial charge in [0, 0.05) is 5.02 Å². The average Bonchev–Trinajstić information content (AvgIpc) is 2.71. The van der Waals surface area contributed by atoms with Crippen molar-refractivity contribution < 1.29 is 8.81 Å². The van der Waals surface area contributed by atoms with Crippen LogP contribution in [0.15, 0.2) is 34.7 Å². The third-order valence-corrected chi connectivity index (χ3v) is 2.83. The van der Waals surface area contributed by atoms with E-state index in [9.17, 15) is 4.39 Å². The Hall–Kier alpha value is -1.36. The fraction of sp³-hybridized carbons (Fsp3) is 0.167. The molecule has 0 amide bonds. The Kier molecular flexibility index (Phi) is 3.47. The van der Waals surface area contributed by atoms with Crippen LogP contribution in [0.4, 0.5) is 4.39 Å². The van der Waals surface area contributed by atoms with E-state index in [4.69, 9.17) is 21.9 Å². The number of hydrogen-bond donors (Lipinski definition) is 2. The maximum Gasteiger partial charge on any atom is 0.126 e. The lowest BCUT2D eigenvalue weighted by Gasteiger charge is -2.15. The van der Waals surface area contributed by atoms with Crippen LogP contribution in [-0.4, -0.2) is 0 Å². The highest BCUT2D eigenvalue weighted by Crippen LogP contribution is 2.29. The molecule has 1 aromatic heterocycles. The van der Waals surface area contributed by atoms with Gasteiger partial charge in [-0.25, -0.2) is 9.82 Å². The van der Waals surface area contributed by atoms with Gasteiger partial charge < -0.3 is 4.42 Å². The summed E-state index contributed by atoms with van der Waals surface area (Å²) in [5.41, 5.74) is 3.12. The van der Waals surface area contributed by atoms with Gasteiger partial charge in [-0.1, -0.05) is 11.6 Å². The van der Waals surface area contributed by atoms with Gasteiger partial charge in [0.25, 0.3) is 0 Å². The summed E-state index contributed by atoms with van der Waals surface area (Å²) in [5, 5.41) is 0.434. The van der Waals surface area contributed by atoms with E-state index in [-0.39, 0.29) is 5.82 Å². The molecular weight excluding hydrogens is 243 g/mol. The van der Waals surface area contributed by atoms with Gasteiger partial charge in [-0.2, -0.15) is 0 Å². The summed E-state index contributed by atoms with van der Waals surface area (Å²) in [6.45, 7) is 1.82. The summed E-state index contributed by atoms with van der Waals surface area (Å²) < 4.78 is 18.7. The van der Waals surface area contributed by atoms with Gasteiger partial charge in [-0.05, 0) is 42.8 Å². The highest BCUT2D eigenvalue weighted by atomic mass is 35.5. The van der Waals surface area contributed by atoms with E-state index in [0.29, 0.717) is 16.3 Å². The number of nitrogens with two attached hydrogens (primary N) is 1. The molecule has 1 heterocycles. The summed E-state index contributed by atoms with van der Waals surface area (Å²) in [7, 11) is 0. The Morgan fingerprint density at radius 1 is 1.35 bits per heavy atom. The maximum atomic E-state index is 13.2. The Morgan fingerprint density at radius 3 is 2.71 bits per heavy atom. The number of halogens is 2. The highest BCUT2D eigenvalue weighted by molar-refractivity contribution is 6.31. The molecule has 3 nitrogen and oxygen atoms in total. The monoisotopic (exact) mass is 254 g/mol. The quantitative estimate of drug-likeness (QED) is 0.654. The van der Waals surface area contributed by atoms with Crippen LogP contribution in [0.5, 0.6) is 0 Å². The lowest BCUT2D eigenvalue weighted by Crippen LogP contribution is -2.28. The van der Waals surface area contributed by atoms with E-state index >= 15 is 0 Å². The molecule has 1 atom stereocenters. The van der Waals surface area contributed by atoms with Gasteiger partial charge in [0.2, 0.25) is 0 Å². The van der Waals surface area contributed by atoms with Gasteiger partial charge in [-0.3, -0.25) is 5.84 Å². The number of benzene rings is 1. The first-order valence-electron chi connectivity index (χ1n) is 5.09. The fourth-order valence-corrected chi connectivity index (χ4v) is 1.90. The minimum atomic E-state index is -0.466. The molecule has 1 unspecified atom stereocenters. The minimum Gasteiger partial charge on any atom is -0.464 e. The third kappa shape index (κ3) is 2.49. The van der Waals surface area contributed by atoms with Crippen molar-refractivity contribution in [3.05, 3.63) is 58.3 Å². The SMILES string of the molecule is Cc1ccc(C(NN)c2cc(F)ccc2Cl)o1. The molecule has 0 aliphatic heterocycles. The first-order chi connectivity index (χ1) is 8.11. The minimum absolute atomic E-state index is 0.368. The normalized spacial score (nSPS) is 12.7. The van der Waals surface area contributed by atoms with Crippen molar-refractivity contribution in [3.63, 3.8) is 0 Å². The summed E-state index contributed by atoms with van der Waals surface area (Å²) in [6, 6.07) is 7.25. The van der Waals surface area contributed by atoms with E-state index in [0.717, 1.165) is 5.76 Å². The molecule has 0 aliphatic carbocycles. The summed E-state index contributed by atoms with van der Waals surface area (Å²) in [5.74, 6) is 6.46. The van der Waals surface area contributed by atoms with Crippen molar-refractivity contribution in [2.75, 3.05) is 0 Å². The smallest absolute Gasteiger partial charge is 0.126 e.